The smallest absolute Gasteiger partial charge is 0.227 e. The molecule has 3 aromatic rings. The van der Waals surface area contributed by atoms with Crippen molar-refractivity contribution in [3.05, 3.63) is 36.7 Å². The number of aliphatic hydroxyl groups is 1. The van der Waals surface area contributed by atoms with Gasteiger partial charge in [-0.25, -0.2) is 4.98 Å². The van der Waals surface area contributed by atoms with Crippen LogP contribution in [-0.4, -0.2) is 36.7 Å². The fourth-order valence-electron chi connectivity index (χ4n) is 2.93. The average molecular weight is 310 g/mol. The summed E-state index contributed by atoms with van der Waals surface area (Å²) in [6.07, 6.45) is 2.99. The van der Waals surface area contributed by atoms with Crippen LogP contribution in [-0.2, 0) is 0 Å². The SMILES string of the molecule is CC1(O)CC(Nc2nc(Nc3ccccc3)c3[nH]cnc3n2)C1. The number of benzene rings is 1. The molecule has 7 heteroatoms. The third-order valence-electron chi connectivity index (χ3n) is 4.03. The van der Waals surface area contributed by atoms with Gasteiger partial charge in [0.05, 0.1) is 11.9 Å². The van der Waals surface area contributed by atoms with E-state index in [2.05, 4.69) is 30.6 Å². The van der Waals surface area contributed by atoms with E-state index >= 15 is 0 Å². The van der Waals surface area contributed by atoms with Crippen LogP contribution in [0.2, 0.25) is 0 Å². The van der Waals surface area contributed by atoms with Crippen molar-refractivity contribution < 1.29 is 5.11 Å². The van der Waals surface area contributed by atoms with Gasteiger partial charge < -0.3 is 20.7 Å². The van der Waals surface area contributed by atoms with Crippen LogP contribution < -0.4 is 10.6 Å². The summed E-state index contributed by atoms with van der Waals surface area (Å²) >= 11 is 0. The molecular weight excluding hydrogens is 292 g/mol. The molecule has 0 radical (unpaired) electrons. The molecule has 0 saturated heterocycles. The third kappa shape index (κ3) is 2.83. The van der Waals surface area contributed by atoms with Crippen molar-refractivity contribution in [3.63, 3.8) is 0 Å². The molecular formula is C16H18N6O. The Kier molecular flexibility index (Phi) is 3.16. The van der Waals surface area contributed by atoms with Crippen LogP contribution in [0.1, 0.15) is 19.8 Å². The molecule has 0 bridgehead atoms. The van der Waals surface area contributed by atoms with Gasteiger partial charge in [-0.15, -0.1) is 0 Å². The minimum absolute atomic E-state index is 0.186. The Morgan fingerprint density at radius 1 is 1.22 bits per heavy atom. The van der Waals surface area contributed by atoms with Crippen LogP contribution in [0.5, 0.6) is 0 Å². The molecule has 2 aromatic heterocycles. The molecule has 118 valence electrons. The largest absolute Gasteiger partial charge is 0.390 e. The van der Waals surface area contributed by atoms with Crippen LogP contribution in [0, 0.1) is 0 Å². The van der Waals surface area contributed by atoms with E-state index in [-0.39, 0.29) is 6.04 Å². The Balaban J connectivity index is 1.62. The van der Waals surface area contributed by atoms with Gasteiger partial charge in [0.25, 0.3) is 0 Å². The summed E-state index contributed by atoms with van der Waals surface area (Å²) in [6, 6.07) is 10.0. The van der Waals surface area contributed by atoms with Crippen molar-refractivity contribution in [2.24, 2.45) is 0 Å². The number of anilines is 3. The lowest BCUT2D eigenvalue weighted by Crippen LogP contribution is -2.48. The molecule has 0 atom stereocenters. The predicted octanol–water partition coefficient (Wildman–Crippen LogP) is 2.42. The summed E-state index contributed by atoms with van der Waals surface area (Å²) in [5.74, 6) is 1.19. The van der Waals surface area contributed by atoms with E-state index in [1.54, 1.807) is 6.33 Å². The lowest BCUT2D eigenvalue weighted by atomic mass is 9.77. The Labute approximate surface area is 133 Å². The molecule has 0 amide bonds. The molecule has 1 fully saturated rings. The van der Waals surface area contributed by atoms with Gasteiger partial charge in [0, 0.05) is 11.7 Å². The summed E-state index contributed by atoms with van der Waals surface area (Å²) in [5, 5.41) is 16.4. The second kappa shape index (κ2) is 5.20. The Morgan fingerprint density at radius 3 is 2.74 bits per heavy atom. The van der Waals surface area contributed by atoms with Crippen LogP contribution in [0.25, 0.3) is 11.2 Å². The van der Waals surface area contributed by atoms with Gasteiger partial charge in [0.2, 0.25) is 5.95 Å². The number of imidazole rings is 1. The third-order valence-corrected chi connectivity index (χ3v) is 4.03. The van der Waals surface area contributed by atoms with E-state index in [1.807, 2.05) is 37.3 Å². The van der Waals surface area contributed by atoms with Crippen molar-refractivity contribution in [1.29, 1.82) is 0 Å². The van der Waals surface area contributed by atoms with Gasteiger partial charge in [0.15, 0.2) is 11.5 Å². The summed E-state index contributed by atoms with van der Waals surface area (Å²) in [7, 11) is 0. The normalized spacial score (nSPS) is 23.5. The first-order valence-electron chi connectivity index (χ1n) is 7.61. The maximum Gasteiger partial charge on any atom is 0.227 e. The molecule has 23 heavy (non-hydrogen) atoms. The van der Waals surface area contributed by atoms with E-state index in [4.69, 9.17) is 0 Å². The topological polar surface area (TPSA) is 98.8 Å². The number of para-hydroxylation sites is 1. The quantitative estimate of drug-likeness (QED) is 0.591. The van der Waals surface area contributed by atoms with Gasteiger partial charge in [-0.3, -0.25) is 0 Å². The first-order valence-corrected chi connectivity index (χ1v) is 7.61. The van der Waals surface area contributed by atoms with Crippen LogP contribution >= 0.6 is 0 Å². The van der Waals surface area contributed by atoms with E-state index in [0.717, 1.165) is 11.2 Å². The van der Waals surface area contributed by atoms with Crippen LogP contribution in [0.15, 0.2) is 36.7 Å². The fraction of sp³-hybridized carbons (Fsp3) is 0.312. The highest BCUT2D eigenvalue weighted by Gasteiger charge is 2.38. The lowest BCUT2D eigenvalue weighted by Gasteiger charge is -2.41. The summed E-state index contributed by atoms with van der Waals surface area (Å²) in [6.45, 7) is 1.84. The van der Waals surface area contributed by atoms with E-state index in [9.17, 15) is 5.11 Å². The number of hydrogen-bond acceptors (Lipinski definition) is 6. The number of fused-ring (bicyclic) bond motifs is 1. The molecule has 1 aromatic carbocycles. The summed E-state index contributed by atoms with van der Waals surface area (Å²) < 4.78 is 0. The van der Waals surface area contributed by atoms with Crippen LogP contribution in [0.3, 0.4) is 0 Å². The molecule has 0 aliphatic heterocycles. The van der Waals surface area contributed by atoms with Crippen molar-refractivity contribution in [2.75, 3.05) is 10.6 Å². The molecule has 4 N–H and O–H groups in total. The number of hydrogen-bond donors (Lipinski definition) is 4. The molecule has 4 rings (SSSR count). The molecule has 1 aliphatic carbocycles. The first-order chi connectivity index (χ1) is 11.1. The predicted molar refractivity (Wildman–Crippen MR) is 88.7 cm³/mol. The first kappa shape index (κ1) is 14.0. The average Bonchev–Trinajstić information content (AvgIpc) is 2.95. The van der Waals surface area contributed by atoms with E-state index in [0.29, 0.717) is 30.3 Å². The van der Waals surface area contributed by atoms with Gasteiger partial charge in [-0.2, -0.15) is 9.97 Å². The van der Waals surface area contributed by atoms with Crippen molar-refractivity contribution >= 4 is 28.6 Å². The zero-order chi connectivity index (χ0) is 15.9. The number of aromatic nitrogens is 4. The second-order valence-corrected chi connectivity index (χ2v) is 6.23. The minimum atomic E-state index is -0.584. The Morgan fingerprint density at radius 2 is 2.00 bits per heavy atom. The highest BCUT2D eigenvalue weighted by atomic mass is 16.3. The van der Waals surface area contributed by atoms with Gasteiger partial charge in [-0.1, -0.05) is 18.2 Å². The highest BCUT2D eigenvalue weighted by Crippen LogP contribution is 2.33. The maximum atomic E-state index is 9.84. The van der Waals surface area contributed by atoms with Crippen molar-refractivity contribution in [2.45, 2.75) is 31.4 Å². The van der Waals surface area contributed by atoms with E-state index < -0.39 is 5.60 Å². The monoisotopic (exact) mass is 310 g/mol. The summed E-state index contributed by atoms with van der Waals surface area (Å²) in [5.41, 5.74) is 1.73. The zero-order valence-electron chi connectivity index (χ0n) is 12.7. The molecule has 7 nitrogen and oxygen atoms in total. The highest BCUT2D eigenvalue weighted by molar-refractivity contribution is 5.86. The molecule has 0 unspecified atom stereocenters. The zero-order valence-corrected chi connectivity index (χ0v) is 12.7. The lowest BCUT2D eigenvalue weighted by molar-refractivity contribution is -0.0235. The minimum Gasteiger partial charge on any atom is -0.390 e. The second-order valence-electron chi connectivity index (χ2n) is 6.23. The van der Waals surface area contributed by atoms with E-state index in [1.165, 1.54) is 0 Å². The van der Waals surface area contributed by atoms with Gasteiger partial charge in [0.1, 0.15) is 5.52 Å². The van der Waals surface area contributed by atoms with Gasteiger partial charge in [-0.05, 0) is 31.9 Å². The number of nitrogens with zero attached hydrogens (tertiary/aromatic N) is 3. The number of H-pyrrole nitrogens is 1. The standard InChI is InChI=1S/C16H18N6O/c1-16(23)7-11(8-16)20-15-21-13-12(17-9-18-13)14(22-15)19-10-5-3-2-4-6-10/h2-6,9,11,23H,7-8H2,1H3,(H3,17,18,19,20,21,22). The number of rotatable bonds is 4. The fourth-order valence-corrected chi connectivity index (χ4v) is 2.93. The van der Waals surface area contributed by atoms with Gasteiger partial charge >= 0.3 is 0 Å². The Hall–Kier alpha value is -2.67. The molecule has 2 heterocycles. The molecule has 0 spiro atoms. The van der Waals surface area contributed by atoms with Crippen LogP contribution in [0.4, 0.5) is 17.5 Å². The Bertz CT molecular complexity index is 821. The summed E-state index contributed by atoms with van der Waals surface area (Å²) in [4.78, 5) is 16.3. The molecule has 1 aliphatic rings. The molecule has 1 saturated carbocycles. The van der Waals surface area contributed by atoms with Crippen molar-refractivity contribution in [1.82, 2.24) is 19.9 Å². The maximum absolute atomic E-state index is 9.84. The number of nitrogens with one attached hydrogen (secondary N) is 3. The van der Waals surface area contributed by atoms with Crippen molar-refractivity contribution in [3.8, 4) is 0 Å². The number of aromatic amines is 1.